The van der Waals surface area contributed by atoms with E-state index in [1.54, 1.807) is 20.8 Å². The van der Waals surface area contributed by atoms with Gasteiger partial charge in [-0.2, -0.15) is 5.10 Å². The molecule has 2 rings (SSSR count). The fourth-order valence-electron chi connectivity index (χ4n) is 2.33. The fraction of sp³-hybridized carbons (Fsp3) is 0.375. The van der Waals surface area contributed by atoms with Crippen molar-refractivity contribution >= 4 is 24.5 Å². The molecule has 0 saturated carbocycles. The van der Waals surface area contributed by atoms with Gasteiger partial charge in [-0.1, -0.05) is 20.8 Å². The Hall–Kier alpha value is -2.35. The van der Waals surface area contributed by atoms with Crippen molar-refractivity contribution in [3.8, 4) is 11.1 Å². The van der Waals surface area contributed by atoms with Crippen LogP contribution in [0.5, 0.6) is 0 Å². The number of carbonyl (C=O) groups is 1. The van der Waals surface area contributed by atoms with Gasteiger partial charge in [-0.3, -0.25) is 24.6 Å². The predicted molar refractivity (Wildman–Crippen MR) is 95.7 cm³/mol. The Labute approximate surface area is 150 Å². The van der Waals surface area contributed by atoms with Crippen LogP contribution in [0.2, 0.25) is 0 Å². The van der Waals surface area contributed by atoms with Crippen LogP contribution in [0, 0.1) is 15.5 Å². The number of hydrogen-bond acceptors (Lipinski definition) is 7. The fourth-order valence-corrected chi connectivity index (χ4v) is 3.53. The van der Waals surface area contributed by atoms with Gasteiger partial charge in [0.2, 0.25) is 0 Å². The summed E-state index contributed by atoms with van der Waals surface area (Å²) in [6, 6.07) is 5.51. The summed E-state index contributed by atoms with van der Waals surface area (Å²) in [7, 11) is -1.31. The van der Waals surface area contributed by atoms with E-state index in [1.165, 1.54) is 38.5 Å². The first-order valence-electron chi connectivity index (χ1n) is 7.65. The first kappa shape index (κ1) is 20.0. The topological polar surface area (TPSA) is 124 Å². The summed E-state index contributed by atoms with van der Waals surface area (Å²) in [5, 5.41) is 17.5. The largest absolute Gasteiger partial charge is 0.379 e. The maximum atomic E-state index is 12.9. The second kappa shape index (κ2) is 7.11. The van der Waals surface area contributed by atoms with Gasteiger partial charge in [-0.05, 0) is 17.7 Å². The van der Waals surface area contributed by atoms with Gasteiger partial charge in [0.1, 0.15) is 5.69 Å². The van der Waals surface area contributed by atoms with E-state index in [9.17, 15) is 19.5 Å². The van der Waals surface area contributed by atoms with Crippen molar-refractivity contribution in [2.75, 3.05) is 14.2 Å². The SMILES string of the molecule is COP(=O)(OC)c1[nH]nc(C(=O)C(C)(C)C)c1-c1ccc([N+](=O)[O-])cc1. The van der Waals surface area contributed by atoms with Crippen molar-refractivity contribution in [3.63, 3.8) is 0 Å². The smallest absolute Gasteiger partial charge is 0.308 e. The molecular formula is C16H20N3O6P. The Morgan fingerprint density at radius 3 is 2.15 bits per heavy atom. The number of nitro groups is 1. The van der Waals surface area contributed by atoms with Crippen molar-refractivity contribution in [2.45, 2.75) is 20.8 Å². The number of aromatic amines is 1. The first-order chi connectivity index (χ1) is 12.0. The third-order valence-electron chi connectivity index (χ3n) is 3.76. The predicted octanol–water partition coefficient (Wildman–Crippen LogP) is 3.32. The number of non-ortho nitro benzene ring substituents is 1. The molecule has 10 heteroatoms. The van der Waals surface area contributed by atoms with Crippen LogP contribution in [0.15, 0.2) is 24.3 Å². The number of hydrogen-bond donors (Lipinski definition) is 1. The van der Waals surface area contributed by atoms with Crippen molar-refractivity contribution in [2.24, 2.45) is 5.41 Å². The summed E-state index contributed by atoms with van der Waals surface area (Å²) < 4.78 is 22.9. The summed E-state index contributed by atoms with van der Waals surface area (Å²) in [6.07, 6.45) is 0. The molecule has 2 aromatic rings. The number of H-pyrrole nitrogens is 1. The van der Waals surface area contributed by atoms with Gasteiger partial charge >= 0.3 is 7.60 Å². The van der Waals surface area contributed by atoms with Crippen molar-refractivity contribution in [3.05, 3.63) is 40.1 Å². The summed E-state index contributed by atoms with van der Waals surface area (Å²) in [5.41, 5.74) is -0.0940. The molecule has 9 nitrogen and oxygen atoms in total. The third kappa shape index (κ3) is 3.60. The van der Waals surface area contributed by atoms with E-state index in [0.29, 0.717) is 5.56 Å². The van der Waals surface area contributed by atoms with Crippen molar-refractivity contribution in [1.82, 2.24) is 10.2 Å². The zero-order valence-corrected chi connectivity index (χ0v) is 16.0. The zero-order valence-electron chi connectivity index (χ0n) is 15.1. The number of aromatic nitrogens is 2. The van der Waals surface area contributed by atoms with E-state index in [1.807, 2.05) is 0 Å². The van der Waals surface area contributed by atoms with Gasteiger partial charge < -0.3 is 9.05 Å². The minimum absolute atomic E-state index is 0.0175. The number of ketones is 1. The van der Waals surface area contributed by atoms with Crippen LogP contribution >= 0.6 is 7.60 Å². The zero-order chi connectivity index (χ0) is 19.7. The van der Waals surface area contributed by atoms with Gasteiger partial charge in [0.25, 0.3) is 5.69 Å². The van der Waals surface area contributed by atoms with Crippen molar-refractivity contribution < 1.29 is 23.3 Å². The molecular weight excluding hydrogens is 361 g/mol. The lowest BCUT2D eigenvalue weighted by atomic mass is 9.87. The number of nitrogens with one attached hydrogen (secondary N) is 1. The number of carbonyl (C=O) groups excluding carboxylic acids is 1. The molecule has 0 fully saturated rings. The lowest BCUT2D eigenvalue weighted by Gasteiger charge is -2.17. The molecule has 1 N–H and O–H groups in total. The van der Waals surface area contributed by atoms with Gasteiger partial charge in [-0.25, -0.2) is 0 Å². The van der Waals surface area contributed by atoms with Gasteiger partial charge in [0, 0.05) is 37.3 Å². The molecule has 0 aliphatic rings. The van der Waals surface area contributed by atoms with Crippen LogP contribution in [0.3, 0.4) is 0 Å². The Morgan fingerprint density at radius 1 is 1.19 bits per heavy atom. The molecule has 26 heavy (non-hydrogen) atoms. The second-order valence-corrected chi connectivity index (χ2v) is 8.71. The standard InChI is InChI=1S/C16H20N3O6P/c1-16(2,3)14(20)13-12(10-6-8-11(9-7-10)19(21)22)15(18-17-13)26(23,24-4)25-5/h6-9H,1-5H3,(H,17,18). The molecule has 1 aromatic carbocycles. The van der Waals surface area contributed by atoms with E-state index in [-0.39, 0.29) is 28.2 Å². The molecule has 0 spiro atoms. The first-order valence-corrected chi connectivity index (χ1v) is 9.19. The van der Waals surface area contributed by atoms with Crippen LogP contribution in [-0.2, 0) is 13.6 Å². The van der Waals surface area contributed by atoms with E-state index in [0.717, 1.165) is 0 Å². The molecule has 0 bridgehead atoms. The Kier molecular flexibility index (Phi) is 5.46. The van der Waals surface area contributed by atoms with Crippen molar-refractivity contribution in [1.29, 1.82) is 0 Å². The highest BCUT2D eigenvalue weighted by Crippen LogP contribution is 2.48. The van der Waals surface area contributed by atoms with E-state index >= 15 is 0 Å². The molecule has 140 valence electrons. The molecule has 0 amide bonds. The Balaban J connectivity index is 2.74. The highest BCUT2D eigenvalue weighted by atomic mass is 31.2. The molecule has 0 unspecified atom stereocenters. The maximum absolute atomic E-state index is 12.9. The van der Waals surface area contributed by atoms with Crippen LogP contribution in [0.25, 0.3) is 11.1 Å². The molecule has 0 radical (unpaired) electrons. The van der Waals surface area contributed by atoms with Crippen LogP contribution in [-0.4, -0.2) is 35.1 Å². The molecule has 1 aromatic heterocycles. The summed E-state index contributed by atoms with van der Waals surface area (Å²) in [5.74, 6) is -0.285. The molecule has 0 aliphatic carbocycles. The van der Waals surface area contributed by atoms with E-state index < -0.39 is 17.9 Å². The van der Waals surface area contributed by atoms with Gasteiger partial charge in [0.05, 0.1) is 4.92 Å². The lowest BCUT2D eigenvalue weighted by molar-refractivity contribution is -0.384. The molecule has 1 heterocycles. The van der Waals surface area contributed by atoms with E-state index in [2.05, 4.69) is 10.2 Å². The second-order valence-electron chi connectivity index (χ2n) is 6.54. The minimum atomic E-state index is -3.74. The monoisotopic (exact) mass is 381 g/mol. The number of rotatable bonds is 6. The third-order valence-corrected chi connectivity index (χ3v) is 5.60. The highest BCUT2D eigenvalue weighted by molar-refractivity contribution is 7.62. The number of nitro benzene ring substituents is 1. The molecule has 0 atom stereocenters. The summed E-state index contributed by atoms with van der Waals surface area (Å²) in [4.78, 5) is 23.1. The maximum Gasteiger partial charge on any atom is 0.379 e. The molecule has 0 saturated heterocycles. The normalized spacial score (nSPS) is 12.2. The lowest BCUT2D eigenvalue weighted by Crippen LogP contribution is -2.22. The van der Waals surface area contributed by atoms with Crippen LogP contribution in [0.1, 0.15) is 31.3 Å². The van der Waals surface area contributed by atoms with Crippen LogP contribution in [0.4, 0.5) is 5.69 Å². The highest BCUT2D eigenvalue weighted by Gasteiger charge is 2.37. The number of Topliss-reactive ketones (excluding diaryl/α,β-unsaturated/α-hetero) is 1. The number of benzene rings is 1. The summed E-state index contributed by atoms with van der Waals surface area (Å²) in [6.45, 7) is 5.20. The van der Waals surface area contributed by atoms with Crippen LogP contribution < -0.4 is 5.44 Å². The Bertz CT molecular complexity index is 874. The summed E-state index contributed by atoms with van der Waals surface area (Å²) >= 11 is 0. The van der Waals surface area contributed by atoms with E-state index in [4.69, 9.17) is 9.05 Å². The number of nitrogens with zero attached hydrogens (tertiary/aromatic N) is 2. The van der Waals surface area contributed by atoms with Gasteiger partial charge in [-0.15, -0.1) is 0 Å². The quantitative estimate of drug-likeness (QED) is 0.352. The minimum Gasteiger partial charge on any atom is -0.308 e. The Morgan fingerprint density at radius 2 is 1.73 bits per heavy atom. The van der Waals surface area contributed by atoms with Gasteiger partial charge in [0.15, 0.2) is 11.2 Å². The average Bonchev–Trinajstić information content (AvgIpc) is 3.05. The average molecular weight is 381 g/mol. The molecule has 0 aliphatic heterocycles.